The third-order valence-electron chi connectivity index (χ3n) is 5.18. The van der Waals surface area contributed by atoms with Crippen molar-refractivity contribution >= 4 is 11.9 Å². The van der Waals surface area contributed by atoms with Crippen LogP contribution in [0, 0.1) is 11.8 Å². The molecule has 4 rings (SSSR count). The highest BCUT2D eigenvalue weighted by atomic mass is 16.5. The molecular formula is C17H19NO5. The first kappa shape index (κ1) is 14.5. The minimum absolute atomic E-state index is 0.0143. The third kappa shape index (κ3) is 2.57. The van der Waals surface area contributed by atoms with Gasteiger partial charge in [0, 0.05) is 30.5 Å². The van der Waals surface area contributed by atoms with Gasteiger partial charge in [-0.25, -0.2) is 4.79 Å². The van der Waals surface area contributed by atoms with Gasteiger partial charge < -0.3 is 19.5 Å². The molecule has 6 nitrogen and oxygen atoms in total. The van der Waals surface area contributed by atoms with Crippen LogP contribution in [0.1, 0.15) is 23.2 Å². The molecule has 1 amide bonds. The van der Waals surface area contributed by atoms with Crippen molar-refractivity contribution in [1.82, 2.24) is 4.90 Å². The van der Waals surface area contributed by atoms with Crippen molar-refractivity contribution in [1.29, 1.82) is 0 Å². The summed E-state index contributed by atoms with van der Waals surface area (Å²) in [6.07, 6.45) is 2.89. The summed E-state index contributed by atoms with van der Waals surface area (Å²) in [5.41, 5.74) is 0.543. The fraction of sp³-hybridized carbons (Fsp3) is 0.529. The Morgan fingerprint density at radius 2 is 1.91 bits per heavy atom. The summed E-state index contributed by atoms with van der Waals surface area (Å²) >= 11 is 0. The summed E-state index contributed by atoms with van der Waals surface area (Å²) in [7, 11) is 0. The van der Waals surface area contributed by atoms with E-state index in [0.29, 0.717) is 35.4 Å². The molecule has 6 heteroatoms. The maximum atomic E-state index is 12.7. The minimum Gasteiger partial charge on any atom is -0.482 e. The highest BCUT2D eigenvalue weighted by Crippen LogP contribution is 2.47. The molecular weight excluding hydrogens is 298 g/mol. The Morgan fingerprint density at radius 3 is 2.57 bits per heavy atom. The molecule has 0 spiro atoms. The first-order valence-electron chi connectivity index (χ1n) is 8.01. The predicted octanol–water partition coefficient (Wildman–Crippen LogP) is 1.40. The zero-order valence-electron chi connectivity index (χ0n) is 12.7. The van der Waals surface area contributed by atoms with Crippen LogP contribution in [-0.4, -0.2) is 53.8 Å². The largest absolute Gasteiger partial charge is 0.482 e. The number of aliphatic carboxylic acids is 1. The van der Waals surface area contributed by atoms with E-state index >= 15 is 0 Å². The lowest BCUT2D eigenvalue weighted by Gasteiger charge is -2.19. The molecule has 1 N–H and O–H groups in total. The van der Waals surface area contributed by atoms with Gasteiger partial charge in [0.15, 0.2) is 6.61 Å². The van der Waals surface area contributed by atoms with Gasteiger partial charge in [-0.15, -0.1) is 0 Å². The van der Waals surface area contributed by atoms with Crippen LogP contribution in [-0.2, 0) is 9.53 Å². The monoisotopic (exact) mass is 317 g/mol. The molecule has 4 atom stereocenters. The maximum absolute atomic E-state index is 12.7. The lowest BCUT2D eigenvalue weighted by molar-refractivity contribution is -0.139. The number of carboxylic acids is 1. The van der Waals surface area contributed by atoms with Gasteiger partial charge >= 0.3 is 5.97 Å². The Morgan fingerprint density at radius 1 is 1.22 bits per heavy atom. The number of hydrogen-bond donors (Lipinski definition) is 1. The molecule has 2 bridgehead atoms. The van der Waals surface area contributed by atoms with Gasteiger partial charge in [-0.2, -0.15) is 0 Å². The van der Waals surface area contributed by atoms with E-state index in [0.717, 1.165) is 25.9 Å². The fourth-order valence-corrected chi connectivity index (χ4v) is 4.17. The van der Waals surface area contributed by atoms with Gasteiger partial charge in [-0.3, -0.25) is 4.79 Å². The van der Waals surface area contributed by atoms with Gasteiger partial charge in [0.05, 0.1) is 12.2 Å². The molecule has 1 aromatic rings. The van der Waals surface area contributed by atoms with E-state index in [2.05, 4.69) is 0 Å². The summed E-state index contributed by atoms with van der Waals surface area (Å²) in [4.78, 5) is 25.2. The van der Waals surface area contributed by atoms with E-state index < -0.39 is 12.6 Å². The summed E-state index contributed by atoms with van der Waals surface area (Å²) in [6, 6.07) is 6.74. The van der Waals surface area contributed by atoms with Crippen LogP contribution in [0.4, 0.5) is 0 Å². The average Bonchev–Trinajstić information content (AvgIpc) is 3.24. The second-order valence-corrected chi connectivity index (χ2v) is 6.54. The zero-order valence-corrected chi connectivity index (χ0v) is 12.7. The molecule has 0 radical (unpaired) electrons. The van der Waals surface area contributed by atoms with Crippen LogP contribution in [0.5, 0.6) is 5.75 Å². The Kier molecular flexibility index (Phi) is 3.49. The molecule has 122 valence electrons. The van der Waals surface area contributed by atoms with E-state index in [1.165, 1.54) is 0 Å². The minimum atomic E-state index is -1.04. The van der Waals surface area contributed by atoms with Crippen molar-refractivity contribution in [3.05, 3.63) is 29.8 Å². The second kappa shape index (κ2) is 5.53. The molecule has 0 aliphatic carbocycles. The second-order valence-electron chi connectivity index (χ2n) is 6.54. The number of benzene rings is 1. The van der Waals surface area contributed by atoms with Gasteiger partial charge in [-0.05, 0) is 31.0 Å². The van der Waals surface area contributed by atoms with Gasteiger partial charge in [0.25, 0.3) is 5.91 Å². The smallest absolute Gasteiger partial charge is 0.341 e. The average molecular weight is 317 g/mol. The number of carbonyl (C=O) groups is 2. The third-order valence-corrected chi connectivity index (χ3v) is 5.18. The fourth-order valence-electron chi connectivity index (χ4n) is 4.17. The van der Waals surface area contributed by atoms with Gasteiger partial charge in [-0.1, -0.05) is 6.07 Å². The standard InChI is InChI=1S/C17H19NO5/c19-16(20)9-22-11-3-1-2-10(6-11)17(21)18-7-12-13(8-18)15-5-4-14(12)23-15/h1-3,6,12-15H,4-5,7-9H2,(H,19,20). The number of nitrogens with zero attached hydrogens (tertiary/aromatic N) is 1. The lowest BCUT2D eigenvalue weighted by atomic mass is 9.82. The molecule has 23 heavy (non-hydrogen) atoms. The van der Waals surface area contributed by atoms with Crippen molar-refractivity contribution in [2.75, 3.05) is 19.7 Å². The summed E-state index contributed by atoms with van der Waals surface area (Å²) in [6.45, 7) is 1.10. The van der Waals surface area contributed by atoms with Crippen molar-refractivity contribution in [3.8, 4) is 5.75 Å². The predicted molar refractivity (Wildman–Crippen MR) is 80.4 cm³/mol. The molecule has 1 aromatic carbocycles. The zero-order chi connectivity index (χ0) is 16.0. The van der Waals surface area contributed by atoms with Crippen LogP contribution in [0.15, 0.2) is 24.3 Å². The number of likely N-dealkylation sites (tertiary alicyclic amines) is 1. The summed E-state index contributed by atoms with van der Waals surface area (Å²) < 4.78 is 11.1. The van der Waals surface area contributed by atoms with Crippen LogP contribution < -0.4 is 4.74 Å². The molecule has 3 aliphatic rings. The number of carbonyl (C=O) groups excluding carboxylic acids is 1. The van der Waals surface area contributed by atoms with E-state index in [-0.39, 0.29) is 5.91 Å². The number of ether oxygens (including phenoxy) is 2. The molecule has 4 unspecified atom stereocenters. The maximum Gasteiger partial charge on any atom is 0.341 e. The number of rotatable bonds is 4. The Labute approximate surface area is 134 Å². The van der Waals surface area contributed by atoms with Crippen molar-refractivity contribution in [2.45, 2.75) is 25.0 Å². The number of hydrogen-bond acceptors (Lipinski definition) is 4. The number of fused-ring (bicyclic) bond motifs is 5. The molecule has 0 aromatic heterocycles. The summed E-state index contributed by atoms with van der Waals surface area (Å²) in [5, 5.41) is 8.66. The highest BCUT2D eigenvalue weighted by molar-refractivity contribution is 5.94. The van der Waals surface area contributed by atoms with Crippen molar-refractivity contribution < 1.29 is 24.2 Å². The highest BCUT2D eigenvalue weighted by Gasteiger charge is 2.53. The molecule has 3 saturated heterocycles. The van der Waals surface area contributed by atoms with E-state index in [1.54, 1.807) is 24.3 Å². The quantitative estimate of drug-likeness (QED) is 0.908. The lowest BCUT2D eigenvalue weighted by Crippen LogP contribution is -2.31. The summed E-state index contributed by atoms with van der Waals surface area (Å²) in [5.74, 6) is 0.304. The molecule has 0 saturated carbocycles. The van der Waals surface area contributed by atoms with E-state index in [4.69, 9.17) is 14.6 Å². The SMILES string of the molecule is O=C(O)COc1cccc(C(=O)N2CC3C4CCC(O4)C3C2)c1. The normalized spacial score (nSPS) is 31.2. The molecule has 3 heterocycles. The van der Waals surface area contributed by atoms with E-state index in [1.807, 2.05) is 4.90 Å². The van der Waals surface area contributed by atoms with Crippen LogP contribution in [0.2, 0.25) is 0 Å². The first-order valence-corrected chi connectivity index (χ1v) is 8.01. The topological polar surface area (TPSA) is 76.1 Å². The van der Waals surface area contributed by atoms with Crippen LogP contribution >= 0.6 is 0 Å². The van der Waals surface area contributed by atoms with Crippen LogP contribution in [0.3, 0.4) is 0 Å². The van der Waals surface area contributed by atoms with Crippen LogP contribution in [0.25, 0.3) is 0 Å². The van der Waals surface area contributed by atoms with E-state index in [9.17, 15) is 9.59 Å². The van der Waals surface area contributed by atoms with Gasteiger partial charge in [0.2, 0.25) is 0 Å². The van der Waals surface area contributed by atoms with Crippen molar-refractivity contribution in [2.24, 2.45) is 11.8 Å². The Balaban J connectivity index is 1.45. The Bertz CT molecular complexity index is 628. The number of amides is 1. The number of carboxylic acid groups (broad SMARTS) is 1. The van der Waals surface area contributed by atoms with Crippen molar-refractivity contribution in [3.63, 3.8) is 0 Å². The first-order chi connectivity index (χ1) is 11.1. The molecule has 3 aliphatic heterocycles. The Hall–Kier alpha value is -2.08. The molecule has 3 fully saturated rings. The van der Waals surface area contributed by atoms with Gasteiger partial charge in [0.1, 0.15) is 5.75 Å².